The Hall–Kier alpha value is -0.580. The molecule has 0 fully saturated rings. The summed E-state index contributed by atoms with van der Waals surface area (Å²) in [5.41, 5.74) is 1.10. The molecule has 3 nitrogen and oxygen atoms in total. The number of sulfone groups is 1. The van der Waals surface area contributed by atoms with Gasteiger partial charge in [-0.2, -0.15) is 0 Å². The Morgan fingerprint density at radius 2 is 2.05 bits per heavy atom. The summed E-state index contributed by atoms with van der Waals surface area (Å²) >= 11 is 6.00. The van der Waals surface area contributed by atoms with Gasteiger partial charge < -0.3 is 5.32 Å². The van der Waals surface area contributed by atoms with Crippen LogP contribution >= 0.6 is 11.6 Å². The van der Waals surface area contributed by atoms with E-state index < -0.39 is 9.84 Å². The molecule has 5 heteroatoms. The molecule has 0 amide bonds. The molecular formula is C14H22ClNO2S. The van der Waals surface area contributed by atoms with Crippen molar-refractivity contribution in [1.82, 2.24) is 5.32 Å². The molecule has 0 saturated heterocycles. The lowest BCUT2D eigenvalue weighted by atomic mass is 9.96. The third-order valence-electron chi connectivity index (χ3n) is 3.18. The maximum atomic E-state index is 11.6. The zero-order valence-corrected chi connectivity index (χ0v) is 13.1. The SMILES string of the molecule is CCNCC(CCS(=O)(=O)CC)c1cccc(Cl)c1. The van der Waals surface area contributed by atoms with Crippen LogP contribution in [0, 0.1) is 0 Å². The van der Waals surface area contributed by atoms with E-state index in [0.717, 1.165) is 18.7 Å². The van der Waals surface area contributed by atoms with Crippen molar-refractivity contribution in [2.24, 2.45) is 0 Å². The Morgan fingerprint density at radius 3 is 2.63 bits per heavy atom. The summed E-state index contributed by atoms with van der Waals surface area (Å²) in [4.78, 5) is 0. The van der Waals surface area contributed by atoms with Crippen LogP contribution in [-0.4, -0.2) is 33.0 Å². The third kappa shape index (κ3) is 5.93. The van der Waals surface area contributed by atoms with Crippen LogP contribution < -0.4 is 5.32 Å². The lowest BCUT2D eigenvalue weighted by Gasteiger charge is -2.18. The number of benzene rings is 1. The molecule has 1 rings (SSSR count). The van der Waals surface area contributed by atoms with E-state index in [4.69, 9.17) is 11.6 Å². The second-order valence-electron chi connectivity index (χ2n) is 4.58. The van der Waals surface area contributed by atoms with E-state index in [2.05, 4.69) is 5.32 Å². The van der Waals surface area contributed by atoms with Gasteiger partial charge in [-0.15, -0.1) is 0 Å². The number of rotatable bonds is 8. The predicted octanol–water partition coefficient (Wildman–Crippen LogP) is 2.86. The van der Waals surface area contributed by atoms with Crippen LogP contribution in [0.1, 0.15) is 31.7 Å². The van der Waals surface area contributed by atoms with Crippen LogP contribution in [0.4, 0.5) is 0 Å². The Kier molecular flexibility index (Phi) is 6.83. The molecule has 0 aromatic heterocycles. The number of likely N-dealkylation sites (N-methyl/N-ethyl adjacent to an activating group) is 1. The number of hydrogen-bond acceptors (Lipinski definition) is 3. The summed E-state index contributed by atoms with van der Waals surface area (Å²) in [6.07, 6.45) is 0.628. The van der Waals surface area contributed by atoms with Gasteiger partial charge in [0.2, 0.25) is 0 Å². The minimum atomic E-state index is -2.92. The Labute approximate surface area is 121 Å². The molecule has 0 aliphatic heterocycles. The molecule has 0 heterocycles. The molecule has 1 aromatic carbocycles. The first-order chi connectivity index (χ1) is 8.98. The fourth-order valence-corrected chi connectivity index (χ4v) is 3.06. The van der Waals surface area contributed by atoms with Gasteiger partial charge in [-0.05, 0) is 36.6 Å². The highest BCUT2D eigenvalue weighted by molar-refractivity contribution is 7.91. The van der Waals surface area contributed by atoms with Crippen LogP contribution in [0.3, 0.4) is 0 Å². The minimum absolute atomic E-state index is 0.181. The molecule has 1 N–H and O–H groups in total. The van der Waals surface area contributed by atoms with Gasteiger partial charge in [0.1, 0.15) is 9.84 Å². The lowest BCUT2D eigenvalue weighted by molar-refractivity contribution is 0.564. The second kappa shape index (κ2) is 7.88. The van der Waals surface area contributed by atoms with Crippen molar-refractivity contribution >= 4 is 21.4 Å². The van der Waals surface area contributed by atoms with Gasteiger partial charge in [-0.3, -0.25) is 0 Å². The predicted molar refractivity (Wildman–Crippen MR) is 81.7 cm³/mol. The van der Waals surface area contributed by atoms with E-state index in [0.29, 0.717) is 11.4 Å². The highest BCUT2D eigenvalue weighted by Gasteiger charge is 2.16. The Balaban J connectivity index is 2.77. The fraction of sp³-hybridized carbons (Fsp3) is 0.571. The van der Waals surface area contributed by atoms with Crippen molar-refractivity contribution < 1.29 is 8.42 Å². The van der Waals surface area contributed by atoms with Gasteiger partial charge in [-0.1, -0.05) is 37.6 Å². The van der Waals surface area contributed by atoms with Gasteiger partial charge >= 0.3 is 0 Å². The van der Waals surface area contributed by atoms with Gasteiger partial charge in [0.25, 0.3) is 0 Å². The zero-order valence-electron chi connectivity index (χ0n) is 11.5. The minimum Gasteiger partial charge on any atom is -0.316 e. The van der Waals surface area contributed by atoms with Crippen LogP contribution in [0.15, 0.2) is 24.3 Å². The van der Waals surface area contributed by atoms with E-state index >= 15 is 0 Å². The highest BCUT2D eigenvalue weighted by atomic mass is 35.5. The van der Waals surface area contributed by atoms with E-state index in [9.17, 15) is 8.42 Å². The smallest absolute Gasteiger partial charge is 0.150 e. The van der Waals surface area contributed by atoms with E-state index in [-0.39, 0.29) is 17.4 Å². The molecule has 0 aliphatic rings. The summed E-state index contributed by atoms with van der Waals surface area (Å²) < 4.78 is 23.3. The van der Waals surface area contributed by atoms with E-state index in [1.54, 1.807) is 6.92 Å². The topological polar surface area (TPSA) is 46.2 Å². The first-order valence-corrected chi connectivity index (χ1v) is 8.85. The standard InChI is InChI=1S/C14H22ClNO2S/c1-3-16-11-13(8-9-19(17,18)4-2)12-6-5-7-14(15)10-12/h5-7,10,13,16H,3-4,8-9,11H2,1-2H3. The molecule has 0 aliphatic carbocycles. The molecule has 0 bridgehead atoms. The van der Waals surface area contributed by atoms with Crippen molar-refractivity contribution in [3.63, 3.8) is 0 Å². The average Bonchev–Trinajstić information content (AvgIpc) is 2.39. The molecule has 19 heavy (non-hydrogen) atoms. The summed E-state index contributed by atoms with van der Waals surface area (Å²) in [5.74, 6) is 0.614. The third-order valence-corrected chi connectivity index (χ3v) is 5.15. The maximum absolute atomic E-state index is 11.6. The van der Waals surface area contributed by atoms with E-state index in [1.165, 1.54) is 0 Å². The number of nitrogens with one attached hydrogen (secondary N) is 1. The van der Waals surface area contributed by atoms with Crippen LogP contribution in [0.2, 0.25) is 5.02 Å². The molecule has 0 radical (unpaired) electrons. The van der Waals surface area contributed by atoms with Crippen LogP contribution in [0.25, 0.3) is 0 Å². The van der Waals surface area contributed by atoms with E-state index in [1.807, 2.05) is 31.2 Å². The maximum Gasteiger partial charge on any atom is 0.150 e. The molecule has 108 valence electrons. The zero-order chi connectivity index (χ0) is 14.3. The normalized spacial score (nSPS) is 13.4. The van der Waals surface area contributed by atoms with Crippen molar-refractivity contribution in [2.75, 3.05) is 24.6 Å². The van der Waals surface area contributed by atoms with Crippen molar-refractivity contribution in [3.8, 4) is 0 Å². The quantitative estimate of drug-likeness (QED) is 0.803. The van der Waals surface area contributed by atoms with Gasteiger partial charge in [0, 0.05) is 17.3 Å². The Bertz CT molecular complexity index is 488. The summed E-state index contributed by atoms with van der Waals surface area (Å²) in [5, 5.41) is 3.97. The van der Waals surface area contributed by atoms with Gasteiger partial charge in [0.05, 0.1) is 5.75 Å². The molecule has 1 unspecified atom stereocenters. The average molecular weight is 304 g/mol. The van der Waals surface area contributed by atoms with Crippen molar-refractivity contribution in [2.45, 2.75) is 26.2 Å². The molecule has 1 aromatic rings. The highest BCUT2D eigenvalue weighted by Crippen LogP contribution is 2.23. The van der Waals surface area contributed by atoms with Gasteiger partial charge in [-0.25, -0.2) is 8.42 Å². The summed E-state index contributed by atoms with van der Waals surface area (Å²) in [6.45, 7) is 5.37. The van der Waals surface area contributed by atoms with Crippen molar-refractivity contribution in [1.29, 1.82) is 0 Å². The first-order valence-electron chi connectivity index (χ1n) is 6.65. The van der Waals surface area contributed by atoms with Crippen molar-refractivity contribution in [3.05, 3.63) is 34.9 Å². The number of hydrogen-bond donors (Lipinski definition) is 1. The Morgan fingerprint density at radius 1 is 1.32 bits per heavy atom. The monoisotopic (exact) mass is 303 g/mol. The van der Waals surface area contributed by atoms with Crippen LogP contribution in [0.5, 0.6) is 0 Å². The largest absolute Gasteiger partial charge is 0.316 e. The molecular weight excluding hydrogens is 282 g/mol. The lowest BCUT2D eigenvalue weighted by Crippen LogP contribution is -2.23. The molecule has 0 saturated carbocycles. The second-order valence-corrected chi connectivity index (χ2v) is 7.49. The summed E-state index contributed by atoms with van der Waals surface area (Å²) in [7, 11) is -2.92. The first kappa shape index (κ1) is 16.5. The molecule has 0 spiro atoms. The fourth-order valence-electron chi connectivity index (χ4n) is 1.93. The summed E-state index contributed by atoms with van der Waals surface area (Å²) in [6, 6.07) is 7.66. The number of halogens is 1. The molecule has 1 atom stereocenters. The van der Waals surface area contributed by atoms with Gasteiger partial charge in [0.15, 0.2) is 0 Å². The van der Waals surface area contributed by atoms with Crippen LogP contribution in [-0.2, 0) is 9.84 Å².